The summed E-state index contributed by atoms with van der Waals surface area (Å²) in [6, 6.07) is 0. The molecule has 72 valence electrons. The quantitative estimate of drug-likeness (QED) is 0.599. The topological polar surface area (TPSA) is 0 Å². The Kier molecular flexibility index (Phi) is 4.26. The smallest absolute Gasteiger partial charge is 0.132 e. The average Bonchev–Trinajstić information content (AvgIpc) is 2.08. The van der Waals surface area contributed by atoms with Gasteiger partial charge < -0.3 is 0 Å². The molecule has 1 aliphatic rings. The van der Waals surface area contributed by atoms with Crippen molar-refractivity contribution in [1.82, 2.24) is 0 Å². The number of halogens is 6. The monoisotopic (exact) mass is 316 g/mol. The number of rotatable bonds is 0. The van der Waals surface area contributed by atoms with Crippen molar-refractivity contribution in [2.24, 2.45) is 0 Å². The summed E-state index contributed by atoms with van der Waals surface area (Å²) in [7, 11) is 0. The van der Waals surface area contributed by atoms with Gasteiger partial charge in [-0.3, -0.25) is 0 Å². The molecule has 0 nitrogen and oxygen atoms in total. The van der Waals surface area contributed by atoms with Crippen LogP contribution in [0.1, 0.15) is 0 Å². The number of hydrogen-bond acceptors (Lipinski definition) is 0. The second-order valence-corrected chi connectivity index (χ2v) is 5.74. The minimum atomic E-state index is -1.26. The van der Waals surface area contributed by atoms with E-state index in [1.807, 2.05) is 0 Å². The molecule has 1 fully saturated rings. The highest BCUT2D eigenvalue weighted by Gasteiger charge is 2.47. The van der Waals surface area contributed by atoms with Crippen LogP contribution in [0, 0.1) is 0 Å². The van der Waals surface area contributed by atoms with E-state index in [4.69, 9.17) is 46.4 Å². The predicted molar refractivity (Wildman–Crippen MR) is 56.2 cm³/mol. The van der Waals surface area contributed by atoms with Crippen LogP contribution in [0.25, 0.3) is 0 Å². The molecule has 1 rings (SSSR count). The minimum Gasteiger partial charge on any atom is -0.245 e. The van der Waals surface area contributed by atoms with Gasteiger partial charge in [0.05, 0.1) is 26.3 Å². The molecule has 0 amide bonds. The largest absolute Gasteiger partial charge is 0.245 e. The fraction of sp³-hybridized carbons (Fsp3) is 1.00. The molecule has 0 aromatic heterocycles. The van der Waals surface area contributed by atoms with Crippen LogP contribution < -0.4 is 0 Å². The van der Waals surface area contributed by atoms with Gasteiger partial charge in [-0.1, -0.05) is 15.9 Å². The van der Waals surface area contributed by atoms with Crippen molar-refractivity contribution in [3.63, 3.8) is 0 Å². The Morgan fingerprint density at radius 1 is 0.833 bits per heavy atom. The van der Waals surface area contributed by atoms with Gasteiger partial charge in [0, 0.05) is 0 Å². The second kappa shape index (κ2) is 4.39. The molecule has 0 aromatic rings. The first-order valence-corrected chi connectivity index (χ1v) is 5.97. The van der Waals surface area contributed by atoms with Gasteiger partial charge in [-0.25, -0.2) is 4.39 Å². The van der Waals surface area contributed by atoms with Crippen molar-refractivity contribution in [3.8, 4) is 0 Å². The van der Waals surface area contributed by atoms with E-state index in [1.165, 1.54) is 0 Å². The summed E-state index contributed by atoms with van der Waals surface area (Å²) in [6.07, 6.45) is -1.26. The molecule has 0 radical (unpaired) electrons. The van der Waals surface area contributed by atoms with Crippen LogP contribution in [0.2, 0.25) is 0 Å². The fourth-order valence-corrected chi connectivity index (χ4v) is 3.43. The summed E-state index contributed by atoms with van der Waals surface area (Å²) in [5.74, 6) is 0. The first-order valence-electron chi connectivity index (χ1n) is 3.31. The lowest BCUT2D eigenvalue weighted by atomic mass is 9.96. The van der Waals surface area contributed by atoms with E-state index in [0.717, 1.165) is 0 Å². The summed E-state index contributed by atoms with van der Waals surface area (Å²) in [4.78, 5) is -0.529. The van der Waals surface area contributed by atoms with Crippen molar-refractivity contribution < 1.29 is 4.39 Å². The van der Waals surface area contributed by atoms with Gasteiger partial charge in [0.25, 0.3) is 0 Å². The maximum Gasteiger partial charge on any atom is 0.132 e. The molecule has 0 bridgehead atoms. The van der Waals surface area contributed by atoms with Crippen LogP contribution in [0.15, 0.2) is 0 Å². The highest BCUT2D eigenvalue weighted by molar-refractivity contribution is 9.09. The molecule has 0 unspecified atom stereocenters. The Hall–Kier alpha value is 1.57. The SMILES string of the molecule is F[C@@H]1[C@@H](Cl)[C@H](Cl)[C@H](Cl)[C@@H](Cl)[C@@H]1Br. The summed E-state index contributed by atoms with van der Waals surface area (Å²) >= 11 is 26.2. The molecule has 0 N–H and O–H groups in total. The van der Waals surface area contributed by atoms with E-state index >= 15 is 0 Å². The molecule has 0 saturated heterocycles. The van der Waals surface area contributed by atoms with Crippen molar-refractivity contribution in [1.29, 1.82) is 0 Å². The van der Waals surface area contributed by atoms with E-state index < -0.39 is 32.5 Å². The molecular formula is C6H6BrCl4F. The van der Waals surface area contributed by atoms with Gasteiger partial charge >= 0.3 is 0 Å². The zero-order valence-electron chi connectivity index (χ0n) is 5.73. The summed E-state index contributed by atoms with van der Waals surface area (Å²) in [6.45, 7) is 0. The lowest BCUT2D eigenvalue weighted by Gasteiger charge is -2.37. The Balaban J connectivity index is 2.76. The molecule has 1 saturated carbocycles. The molecule has 0 spiro atoms. The normalized spacial score (nSPS) is 55.5. The van der Waals surface area contributed by atoms with Crippen molar-refractivity contribution >= 4 is 62.3 Å². The van der Waals surface area contributed by atoms with Crippen molar-refractivity contribution in [3.05, 3.63) is 0 Å². The van der Waals surface area contributed by atoms with Gasteiger partial charge in [0.2, 0.25) is 0 Å². The Bertz CT molecular complexity index is 111. The lowest BCUT2D eigenvalue weighted by molar-refractivity contribution is 0.276. The maximum absolute atomic E-state index is 13.2. The third kappa shape index (κ3) is 1.98. The Morgan fingerprint density at radius 3 is 1.75 bits per heavy atom. The third-order valence-corrected chi connectivity index (χ3v) is 5.73. The standard InChI is InChI=1S/C6H6BrCl4F/c7-1-2(8)3(9)4(10)5(11)6(1)12/h1-6H/t1-,2-,3+,4+,5-,6-/m0/s1. The van der Waals surface area contributed by atoms with E-state index in [1.54, 1.807) is 0 Å². The molecular weight excluding hydrogens is 313 g/mol. The molecule has 0 aromatic carbocycles. The van der Waals surface area contributed by atoms with Gasteiger partial charge in [0.15, 0.2) is 0 Å². The molecule has 12 heavy (non-hydrogen) atoms. The lowest BCUT2D eigenvalue weighted by Crippen LogP contribution is -2.52. The van der Waals surface area contributed by atoms with Crippen molar-refractivity contribution in [2.75, 3.05) is 0 Å². The van der Waals surface area contributed by atoms with Crippen LogP contribution in [0.5, 0.6) is 0 Å². The first-order chi connectivity index (χ1) is 5.46. The predicted octanol–water partition coefficient (Wildman–Crippen LogP) is 3.53. The summed E-state index contributed by atoms with van der Waals surface area (Å²) in [5.41, 5.74) is 0. The minimum absolute atomic E-state index is 0.507. The fourth-order valence-electron chi connectivity index (χ4n) is 1.05. The molecule has 0 aliphatic heterocycles. The van der Waals surface area contributed by atoms with Crippen molar-refractivity contribution in [2.45, 2.75) is 32.5 Å². The highest BCUT2D eigenvalue weighted by Crippen LogP contribution is 2.39. The van der Waals surface area contributed by atoms with Crippen LogP contribution in [0.3, 0.4) is 0 Å². The third-order valence-electron chi connectivity index (χ3n) is 1.83. The molecule has 0 heterocycles. The highest BCUT2D eigenvalue weighted by atomic mass is 79.9. The first kappa shape index (κ1) is 11.6. The van der Waals surface area contributed by atoms with Crippen LogP contribution >= 0.6 is 62.3 Å². The van der Waals surface area contributed by atoms with Gasteiger partial charge in [0.1, 0.15) is 6.17 Å². The van der Waals surface area contributed by atoms with E-state index in [2.05, 4.69) is 15.9 Å². The molecule has 6 atom stereocenters. The average molecular weight is 319 g/mol. The maximum atomic E-state index is 13.2. The Morgan fingerprint density at radius 2 is 1.25 bits per heavy atom. The van der Waals surface area contributed by atoms with Crippen LogP contribution in [-0.4, -0.2) is 32.5 Å². The summed E-state index contributed by atoms with van der Waals surface area (Å²) in [5, 5.41) is -2.44. The van der Waals surface area contributed by atoms with E-state index in [9.17, 15) is 4.39 Å². The van der Waals surface area contributed by atoms with Gasteiger partial charge in [-0.2, -0.15) is 0 Å². The molecule has 1 aliphatic carbocycles. The van der Waals surface area contributed by atoms with Crippen LogP contribution in [-0.2, 0) is 0 Å². The number of hydrogen-bond donors (Lipinski definition) is 0. The van der Waals surface area contributed by atoms with Gasteiger partial charge in [-0.05, 0) is 0 Å². The van der Waals surface area contributed by atoms with Crippen LogP contribution in [0.4, 0.5) is 4.39 Å². The zero-order valence-corrected chi connectivity index (χ0v) is 10.3. The Labute approximate surface area is 98.8 Å². The van der Waals surface area contributed by atoms with Gasteiger partial charge in [-0.15, -0.1) is 46.4 Å². The van der Waals surface area contributed by atoms with E-state index in [-0.39, 0.29) is 0 Å². The summed E-state index contributed by atoms with van der Waals surface area (Å²) < 4.78 is 13.2. The number of alkyl halides is 6. The second-order valence-electron chi connectivity index (χ2n) is 2.67. The zero-order chi connectivity index (χ0) is 9.46. The molecule has 6 heteroatoms. The van der Waals surface area contributed by atoms with E-state index in [0.29, 0.717) is 0 Å².